The van der Waals surface area contributed by atoms with Crippen molar-refractivity contribution >= 4 is 17.4 Å². The van der Waals surface area contributed by atoms with E-state index in [1.54, 1.807) is 31.4 Å². The van der Waals surface area contributed by atoms with E-state index in [4.69, 9.17) is 18.9 Å². The van der Waals surface area contributed by atoms with E-state index >= 15 is 0 Å². The molecule has 0 saturated carbocycles. The van der Waals surface area contributed by atoms with E-state index in [2.05, 4.69) is 12.2 Å². The summed E-state index contributed by atoms with van der Waals surface area (Å²) in [5, 5.41) is 14.5. The molecule has 2 aromatic carbocycles. The predicted octanol–water partition coefficient (Wildman–Crippen LogP) is 4.09. The molecule has 0 fully saturated rings. The number of hydrogen-bond donors (Lipinski definition) is 2. The van der Waals surface area contributed by atoms with Gasteiger partial charge in [0, 0.05) is 24.2 Å². The SMILES string of the molecule is COc1cccc(C=CC(=O)c2c(OC)cc(OC)c(C3=CCNC(C)C3)c2O)c1OC. The first-order valence-electron chi connectivity index (χ1n) is 10.3. The molecule has 1 atom stereocenters. The zero-order chi connectivity index (χ0) is 23.3. The lowest BCUT2D eigenvalue weighted by molar-refractivity contribution is 0.104. The quantitative estimate of drug-likeness (QED) is 0.473. The van der Waals surface area contributed by atoms with Crippen LogP contribution in [0.1, 0.15) is 34.8 Å². The Morgan fingerprint density at radius 3 is 2.41 bits per heavy atom. The highest BCUT2D eigenvalue weighted by Gasteiger charge is 2.26. The molecule has 0 aliphatic carbocycles. The number of nitrogens with one attached hydrogen (secondary N) is 1. The van der Waals surface area contributed by atoms with Gasteiger partial charge >= 0.3 is 0 Å². The molecule has 0 amide bonds. The van der Waals surface area contributed by atoms with Crippen molar-refractivity contribution in [1.82, 2.24) is 5.32 Å². The van der Waals surface area contributed by atoms with E-state index < -0.39 is 5.78 Å². The van der Waals surface area contributed by atoms with Gasteiger partial charge in [-0.25, -0.2) is 0 Å². The zero-order valence-electron chi connectivity index (χ0n) is 19.0. The molecule has 2 N–H and O–H groups in total. The first-order chi connectivity index (χ1) is 15.4. The summed E-state index contributed by atoms with van der Waals surface area (Å²) >= 11 is 0. The molecular formula is C25H29NO6. The average Bonchev–Trinajstić information content (AvgIpc) is 2.81. The number of hydrogen-bond acceptors (Lipinski definition) is 7. The Hall–Kier alpha value is -3.45. The number of carbonyl (C=O) groups is 1. The van der Waals surface area contributed by atoms with Gasteiger partial charge in [0.25, 0.3) is 0 Å². The Morgan fingerprint density at radius 1 is 1.06 bits per heavy atom. The van der Waals surface area contributed by atoms with Crippen LogP contribution in [-0.2, 0) is 0 Å². The predicted molar refractivity (Wildman–Crippen MR) is 124 cm³/mol. The number of allylic oxidation sites excluding steroid dienone is 1. The molecule has 0 saturated heterocycles. The second-order valence-electron chi connectivity index (χ2n) is 7.40. The van der Waals surface area contributed by atoms with Gasteiger partial charge in [-0.15, -0.1) is 0 Å². The third kappa shape index (κ3) is 4.57. The molecule has 1 aliphatic rings. The van der Waals surface area contributed by atoms with Gasteiger partial charge in [-0.1, -0.05) is 18.2 Å². The number of ketones is 1. The summed E-state index contributed by atoms with van der Waals surface area (Å²) in [6.45, 7) is 2.74. The van der Waals surface area contributed by atoms with Crippen molar-refractivity contribution in [2.24, 2.45) is 0 Å². The van der Waals surface area contributed by atoms with Gasteiger partial charge in [0.05, 0.1) is 34.0 Å². The summed E-state index contributed by atoms with van der Waals surface area (Å²) in [6, 6.07) is 7.26. The number of phenolic OH excluding ortho intramolecular Hbond substituents is 1. The monoisotopic (exact) mass is 439 g/mol. The minimum atomic E-state index is -0.407. The molecule has 7 heteroatoms. The van der Waals surface area contributed by atoms with Crippen molar-refractivity contribution in [2.45, 2.75) is 19.4 Å². The molecule has 32 heavy (non-hydrogen) atoms. The van der Waals surface area contributed by atoms with E-state index in [9.17, 15) is 9.90 Å². The smallest absolute Gasteiger partial charge is 0.193 e. The van der Waals surface area contributed by atoms with Crippen LogP contribution in [0.2, 0.25) is 0 Å². The lowest BCUT2D eigenvalue weighted by Gasteiger charge is -2.24. The fraction of sp³-hybridized carbons (Fsp3) is 0.320. The van der Waals surface area contributed by atoms with Gasteiger partial charge in [-0.05, 0) is 37.1 Å². The maximum atomic E-state index is 13.2. The molecule has 3 rings (SSSR count). The van der Waals surface area contributed by atoms with Crippen molar-refractivity contribution in [3.05, 3.63) is 53.1 Å². The van der Waals surface area contributed by atoms with Crippen LogP contribution in [0.4, 0.5) is 0 Å². The van der Waals surface area contributed by atoms with Gasteiger partial charge < -0.3 is 29.4 Å². The molecule has 0 bridgehead atoms. The Balaban J connectivity index is 2.07. The second kappa shape index (κ2) is 10.2. The van der Waals surface area contributed by atoms with E-state index in [1.807, 2.05) is 12.1 Å². The van der Waals surface area contributed by atoms with Gasteiger partial charge in [0.15, 0.2) is 17.3 Å². The second-order valence-corrected chi connectivity index (χ2v) is 7.40. The fourth-order valence-corrected chi connectivity index (χ4v) is 3.86. The zero-order valence-corrected chi connectivity index (χ0v) is 19.0. The molecule has 0 aromatic heterocycles. The number of para-hydroxylation sites is 1. The number of methoxy groups -OCH3 is 4. The number of aromatic hydroxyl groups is 1. The minimum Gasteiger partial charge on any atom is -0.506 e. The van der Waals surface area contributed by atoms with Crippen molar-refractivity contribution in [3.8, 4) is 28.7 Å². The van der Waals surface area contributed by atoms with Gasteiger partial charge in [0.2, 0.25) is 0 Å². The summed E-state index contributed by atoms with van der Waals surface area (Å²) in [7, 11) is 6.06. The van der Waals surface area contributed by atoms with E-state index in [1.165, 1.54) is 27.4 Å². The Morgan fingerprint density at radius 2 is 1.78 bits per heavy atom. The van der Waals surface area contributed by atoms with Crippen LogP contribution >= 0.6 is 0 Å². The Labute approximate surface area is 188 Å². The molecule has 1 aliphatic heterocycles. The van der Waals surface area contributed by atoms with Crippen molar-refractivity contribution in [2.75, 3.05) is 35.0 Å². The Kier molecular flexibility index (Phi) is 7.43. The van der Waals surface area contributed by atoms with Crippen LogP contribution < -0.4 is 24.3 Å². The van der Waals surface area contributed by atoms with Crippen LogP contribution in [0.3, 0.4) is 0 Å². The molecule has 0 radical (unpaired) electrons. The highest BCUT2D eigenvalue weighted by atomic mass is 16.5. The lowest BCUT2D eigenvalue weighted by Crippen LogP contribution is -2.30. The first kappa shape index (κ1) is 23.2. The van der Waals surface area contributed by atoms with Crippen molar-refractivity contribution in [1.29, 1.82) is 0 Å². The van der Waals surface area contributed by atoms with Gasteiger partial charge in [-0.3, -0.25) is 4.79 Å². The average molecular weight is 440 g/mol. The highest BCUT2D eigenvalue weighted by molar-refractivity contribution is 6.12. The van der Waals surface area contributed by atoms with E-state index in [-0.39, 0.29) is 23.1 Å². The lowest BCUT2D eigenvalue weighted by atomic mass is 9.91. The summed E-state index contributed by atoms with van der Waals surface area (Å²) < 4.78 is 21.7. The largest absolute Gasteiger partial charge is 0.506 e. The van der Waals surface area contributed by atoms with E-state index in [0.717, 1.165) is 5.57 Å². The normalized spacial score (nSPS) is 15.9. The summed E-state index contributed by atoms with van der Waals surface area (Å²) in [4.78, 5) is 13.2. The molecule has 1 heterocycles. The van der Waals surface area contributed by atoms with Crippen LogP contribution in [0.25, 0.3) is 11.6 Å². The molecule has 1 unspecified atom stereocenters. The number of carbonyl (C=O) groups excluding carboxylic acids is 1. The maximum absolute atomic E-state index is 13.2. The third-order valence-corrected chi connectivity index (χ3v) is 5.42. The van der Waals surface area contributed by atoms with Crippen LogP contribution in [0.5, 0.6) is 28.7 Å². The van der Waals surface area contributed by atoms with Crippen molar-refractivity contribution < 1.29 is 28.8 Å². The van der Waals surface area contributed by atoms with Crippen molar-refractivity contribution in [3.63, 3.8) is 0 Å². The van der Waals surface area contributed by atoms with Crippen LogP contribution in [0.15, 0.2) is 36.4 Å². The van der Waals surface area contributed by atoms with E-state index in [0.29, 0.717) is 41.3 Å². The van der Waals surface area contributed by atoms with Crippen LogP contribution in [0, 0.1) is 0 Å². The van der Waals surface area contributed by atoms with Gasteiger partial charge in [0.1, 0.15) is 22.8 Å². The van der Waals surface area contributed by atoms with Crippen LogP contribution in [-0.4, -0.2) is 51.9 Å². The number of phenols is 1. The molecule has 7 nitrogen and oxygen atoms in total. The highest BCUT2D eigenvalue weighted by Crippen LogP contribution is 2.44. The third-order valence-electron chi connectivity index (χ3n) is 5.42. The molecular weight excluding hydrogens is 410 g/mol. The molecule has 170 valence electrons. The first-order valence-corrected chi connectivity index (χ1v) is 10.3. The number of ether oxygens (including phenoxy) is 4. The molecule has 0 spiro atoms. The number of rotatable bonds is 8. The minimum absolute atomic E-state index is 0.0773. The fourth-order valence-electron chi connectivity index (χ4n) is 3.86. The summed E-state index contributed by atoms with van der Waals surface area (Å²) in [5.41, 5.74) is 2.17. The van der Waals surface area contributed by atoms with Gasteiger partial charge in [-0.2, -0.15) is 0 Å². The maximum Gasteiger partial charge on any atom is 0.193 e. The Bertz CT molecular complexity index is 1060. The summed E-state index contributed by atoms with van der Waals surface area (Å²) in [5.74, 6) is 1.19. The molecule has 2 aromatic rings. The summed E-state index contributed by atoms with van der Waals surface area (Å²) in [6.07, 6.45) is 5.69. The standard InChI is InChI=1S/C25H29NO6/c1-15-13-17(11-12-26-15)22-20(30-3)14-21(31-4)23(24(22)28)18(27)10-9-16-7-6-8-19(29-2)25(16)32-5/h6-11,14-15,26,28H,12-13H2,1-5H3. The number of benzene rings is 2. The topological polar surface area (TPSA) is 86.3 Å².